The predicted octanol–water partition coefficient (Wildman–Crippen LogP) is 1.16. The first-order valence-corrected chi connectivity index (χ1v) is 7.23. The van der Waals surface area contributed by atoms with Crippen LogP contribution in [-0.2, 0) is 4.79 Å². The maximum Gasteiger partial charge on any atom is 0.240 e. The van der Waals surface area contributed by atoms with Gasteiger partial charge in [-0.15, -0.1) is 10.2 Å². The van der Waals surface area contributed by atoms with Gasteiger partial charge in [-0.1, -0.05) is 0 Å². The van der Waals surface area contributed by atoms with Gasteiger partial charge < -0.3 is 15.6 Å². The number of fused-ring (bicyclic) bond motifs is 3. The van der Waals surface area contributed by atoms with Crippen molar-refractivity contribution in [1.29, 1.82) is 0 Å². The number of pyridine rings is 1. The molecule has 0 aromatic carbocycles. The summed E-state index contributed by atoms with van der Waals surface area (Å²) in [6.45, 7) is 0.741. The Labute approximate surface area is 126 Å². The Hall–Kier alpha value is -2.70. The van der Waals surface area contributed by atoms with Crippen LogP contribution in [0.25, 0.3) is 21.9 Å². The molecule has 4 heterocycles. The summed E-state index contributed by atoms with van der Waals surface area (Å²) in [6.07, 6.45) is 7.32. The Morgan fingerprint density at radius 2 is 2.27 bits per heavy atom. The lowest BCUT2D eigenvalue weighted by Crippen LogP contribution is -2.48. The summed E-state index contributed by atoms with van der Waals surface area (Å²) < 4.78 is 0. The van der Waals surface area contributed by atoms with Crippen molar-refractivity contribution in [3.05, 3.63) is 30.9 Å². The highest BCUT2D eigenvalue weighted by Crippen LogP contribution is 2.32. The summed E-state index contributed by atoms with van der Waals surface area (Å²) in [5.74, 6) is 0.377. The number of aromatic nitrogens is 4. The molecule has 1 fully saturated rings. The second-order valence-corrected chi connectivity index (χ2v) is 5.39. The number of nitrogens with zero attached hydrogens (tertiary/aromatic N) is 4. The molecular weight excluding hydrogens is 280 g/mol. The third-order valence-electron chi connectivity index (χ3n) is 4.05. The smallest absolute Gasteiger partial charge is 0.240 e. The van der Waals surface area contributed by atoms with Crippen LogP contribution in [0.15, 0.2) is 24.5 Å². The van der Waals surface area contributed by atoms with Gasteiger partial charge in [0.05, 0.1) is 10.9 Å². The van der Waals surface area contributed by atoms with E-state index in [4.69, 9.17) is 5.73 Å². The molecule has 0 saturated carbocycles. The molecule has 3 N–H and O–H groups in total. The number of rotatable bonds is 2. The van der Waals surface area contributed by atoms with Gasteiger partial charge in [-0.05, 0) is 31.4 Å². The van der Waals surface area contributed by atoms with Crippen LogP contribution in [0.4, 0.5) is 5.82 Å². The maximum absolute atomic E-state index is 11.8. The van der Waals surface area contributed by atoms with Crippen LogP contribution in [0.2, 0.25) is 0 Å². The van der Waals surface area contributed by atoms with Gasteiger partial charge >= 0.3 is 0 Å². The molecule has 0 bridgehead atoms. The van der Waals surface area contributed by atoms with Crippen LogP contribution in [0.1, 0.15) is 12.8 Å². The first-order valence-electron chi connectivity index (χ1n) is 7.23. The highest BCUT2D eigenvalue weighted by molar-refractivity contribution is 6.09. The summed E-state index contributed by atoms with van der Waals surface area (Å²) in [4.78, 5) is 21.3. The Kier molecular flexibility index (Phi) is 2.92. The van der Waals surface area contributed by atoms with E-state index in [9.17, 15) is 4.79 Å². The fourth-order valence-electron chi connectivity index (χ4n) is 3.06. The van der Waals surface area contributed by atoms with Gasteiger partial charge in [0.25, 0.3) is 0 Å². The van der Waals surface area contributed by atoms with Crippen molar-refractivity contribution in [3.63, 3.8) is 0 Å². The number of nitrogens with two attached hydrogens (primary N) is 1. The second kappa shape index (κ2) is 4.94. The molecule has 1 amide bonds. The number of primary amides is 1. The van der Waals surface area contributed by atoms with E-state index in [1.165, 1.54) is 0 Å². The van der Waals surface area contributed by atoms with Gasteiger partial charge in [-0.2, -0.15) is 0 Å². The van der Waals surface area contributed by atoms with Crippen LogP contribution in [-0.4, -0.2) is 38.7 Å². The van der Waals surface area contributed by atoms with Crippen LogP contribution >= 0.6 is 0 Å². The van der Waals surface area contributed by atoms with E-state index in [-0.39, 0.29) is 5.91 Å². The lowest BCUT2D eigenvalue weighted by molar-refractivity contribution is -0.118. The topological polar surface area (TPSA) is 101 Å². The minimum Gasteiger partial charge on any atom is -0.368 e. The molecule has 4 rings (SSSR count). The average Bonchev–Trinajstić information content (AvgIpc) is 3.03. The van der Waals surface area contributed by atoms with Gasteiger partial charge in [0.2, 0.25) is 5.91 Å². The van der Waals surface area contributed by atoms with Crippen LogP contribution in [0, 0.1) is 6.42 Å². The first kappa shape index (κ1) is 13.0. The largest absolute Gasteiger partial charge is 0.368 e. The number of nitrogens with one attached hydrogen (secondary N) is 1. The molecule has 7 nitrogen and oxygen atoms in total. The molecule has 1 saturated heterocycles. The van der Waals surface area contributed by atoms with Crippen molar-refractivity contribution >= 4 is 33.7 Å². The van der Waals surface area contributed by atoms with Gasteiger partial charge in [0, 0.05) is 24.3 Å². The van der Waals surface area contributed by atoms with E-state index in [1.807, 2.05) is 29.7 Å². The van der Waals surface area contributed by atoms with E-state index < -0.39 is 6.04 Å². The Morgan fingerprint density at radius 3 is 3.14 bits per heavy atom. The second-order valence-electron chi connectivity index (χ2n) is 5.39. The molecule has 22 heavy (non-hydrogen) atoms. The summed E-state index contributed by atoms with van der Waals surface area (Å²) >= 11 is 0. The van der Waals surface area contributed by atoms with Crippen LogP contribution < -0.4 is 10.6 Å². The summed E-state index contributed by atoms with van der Waals surface area (Å²) in [5, 5.41) is 10.2. The Balaban J connectivity index is 1.97. The van der Waals surface area contributed by atoms with Crippen molar-refractivity contribution in [3.8, 4) is 0 Å². The monoisotopic (exact) mass is 295 g/mol. The summed E-state index contributed by atoms with van der Waals surface area (Å²) in [7, 11) is 0. The molecule has 1 atom stereocenters. The van der Waals surface area contributed by atoms with Crippen LogP contribution in [0.5, 0.6) is 0 Å². The summed E-state index contributed by atoms with van der Waals surface area (Å²) in [5.41, 5.74) is 7.02. The number of carbonyl (C=O) groups excluding carboxylic acids is 1. The SMILES string of the molecule is NC(=O)C1[CH]CCCN1c1nccc2nnc3[nH]ccc3c12. The summed E-state index contributed by atoms with van der Waals surface area (Å²) in [6, 6.07) is 3.34. The molecule has 111 valence electrons. The van der Waals surface area contributed by atoms with Gasteiger partial charge in [0.15, 0.2) is 5.65 Å². The highest BCUT2D eigenvalue weighted by Gasteiger charge is 2.29. The number of amides is 1. The number of hydrogen-bond acceptors (Lipinski definition) is 5. The first-order chi connectivity index (χ1) is 10.8. The van der Waals surface area contributed by atoms with Crippen LogP contribution in [0.3, 0.4) is 0 Å². The fraction of sp³-hybridized carbons (Fsp3) is 0.267. The lowest BCUT2D eigenvalue weighted by atomic mass is 10.0. The van der Waals surface area contributed by atoms with E-state index in [1.54, 1.807) is 6.20 Å². The molecule has 0 spiro atoms. The molecule has 0 aliphatic carbocycles. The standard InChI is InChI=1S/C15H15N6O/c16-13(22)11-3-1-2-8-21(11)15-12-9-4-6-17-14(9)20-19-10(12)5-7-18-15/h3-7,11H,1-2,8H2,(H2,16,22)(H,17,20). The van der Waals surface area contributed by atoms with E-state index in [0.29, 0.717) is 5.65 Å². The van der Waals surface area contributed by atoms with Crippen molar-refractivity contribution in [1.82, 2.24) is 20.2 Å². The molecule has 1 aliphatic rings. The molecule has 3 aromatic heterocycles. The highest BCUT2D eigenvalue weighted by atomic mass is 16.1. The van der Waals surface area contributed by atoms with Gasteiger partial charge in [0.1, 0.15) is 11.9 Å². The van der Waals surface area contributed by atoms with Crippen molar-refractivity contribution in [2.45, 2.75) is 18.9 Å². The normalized spacial score (nSPS) is 18.9. The number of hydrogen-bond donors (Lipinski definition) is 2. The molecule has 3 aromatic rings. The quantitative estimate of drug-likeness (QED) is 0.739. The lowest BCUT2D eigenvalue weighted by Gasteiger charge is -2.34. The van der Waals surface area contributed by atoms with Crippen molar-refractivity contribution in [2.75, 3.05) is 11.4 Å². The van der Waals surface area contributed by atoms with E-state index in [0.717, 1.165) is 41.5 Å². The minimum atomic E-state index is -0.436. The number of aromatic amines is 1. The Morgan fingerprint density at radius 1 is 1.36 bits per heavy atom. The molecule has 1 radical (unpaired) electrons. The van der Waals surface area contributed by atoms with E-state index >= 15 is 0 Å². The third-order valence-corrected chi connectivity index (χ3v) is 4.05. The van der Waals surface area contributed by atoms with Gasteiger partial charge in [-0.3, -0.25) is 4.79 Å². The van der Waals surface area contributed by atoms with Crippen molar-refractivity contribution < 1.29 is 4.79 Å². The minimum absolute atomic E-state index is 0.356. The zero-order chi connectivity index (χ0) is 15.1. The number of piperidine rings is 1. The predicted molar refractivity (Wildman–Crippen MR) is 83.1 cm³/mol. The fourth-order valence-corrected chi connectivity index (χ4v) is 3.06. The zero-order valence-corrected chi connectivity index (χ0v) is 11.9. The number of carbonyl (C=O) groups is 1. The molecule has 1 aliphatic heterocycles. The Bertz CT molecular complexity index is 857. The van der Waals surface area contributed by atoms with Crippen molar-refractivity contribution in [2.24, 2.45) is 5.73 Å². The average molecular weight is 295 g/mol. The van der Waals surface area contributed by atoms with E-state index in [2.05, 4.69) is 20.2 Å². The third kappa shape index (κ3) is 1.89. The van der Waals surface area contributed by atoms with Gasteiger partial charge in [-0.25, -0.2) is 4.98 Å². The number of H-pyrrole nitrogens is 1. The zero-order valence-electron chi connectivity index (χ0n) is 11.9. The maximum atomic E-state index is 11.8. The number of anilines is 1. The molecular formula is C15H15N6O. The molecule has 1 unspecified atom stereocenters. The molecule has 7 heteroatoms.